The summed E-state index contributed by atoms with van der Waals surface area (Å²) in [5, 5.41) is 0. The van der Waals surface area contributed by atoms with Crippen LogP contribution in [-0.4, -0.2) is 39.1 Å². The van der Waals surface area contributed by atoms with E-state index in [0.717, 1.165) is 27.0 Å². The molecule has 4 nitrogen and oxygen atoms in total. The molecule has 1 aliphatic rings. The molecule has 2 aromatic rings. The van der Waals surface area contributed by atoms with Gasteiger partial charge in [0, 0.05) is 22.8 Å². The second-order valence-corrected chi connectivity index (χ2v) is 6.82. The fraction of sp³-hybridized carbons (Fsp3) is 0.538. The Bertz CT molecular complexity index is 669. The zero-order valence-electron chi connectivity index (χ0n) is 11.1. The lowest BCUT2D eigenvalue weighted by Crippen LogP contribution is -2.53. The van der Waals surface area contributed by atoms with E-state index in [9.17, 15) is 0 Å². The molecule has 2 aromatic heterocycles. The van der Waals surface area contributed by atoms with Crippen molar-refractivity contribution in [2.45, 2.75) is 31.3 Å². The van der Waals surface area contributed by atoms with Crippen LogP contribution in [0, 0.1) is 4.77 Å². The summed E-state index contributed by atoms with van der Waals surface area (Å²) in [6.45, 7) is 0.910. The van der Waals surface area contributed by atoms with E-state index in [-0.39, 0.29) is 5.54 Å². The zero-order valence-corrected chi connectivity index (χ0v) is 13.5. The molecule has 0 saturated heterocycles. The Morgan fingerprint density at radius 2 is 2.26 bits per heavy atom. The highest BCUT2D eigenvalue weighted by atomic mass is 79.9. The maximum absolute atomic E-state index is 5.46. The SMILES string of the molecule is CN(C)C1(Cn2c(=S)[nH]c3cc(Br)cnc32)CCC1. The maximum Gasteiger partial charge on any atom is 0.179 e. The van der Waals surface area contributed by atoms with Crippen molar-refractivity contribution in [3.8, 4) is 0 Å². The maximum atomic E-state index is 5.46. The third-order valence-electron chi connectivity index (χ3n) is 4.26. The molecule has 2 heterocycles. The summed E-state index contributed by atoms with van der Waals surface area (Å²) in [5.41, 5.74) is 2.18. The molecule has 6 heteroatoms. The number of aromatic nitrogens is 3. The molecule has 1 fully saturated rings. The van der Waals surface area contributed by atoms with E-state index in [2.05, 4.69) is 49.5 Å². The van der Waals surface area contributed by atoms with E-state index < -0.39 is 0 Å². The number of nitrogens with one attached hydrogen (secondary N) is 1. The van der Waals surface area contributed by atoms with Gasteiger partial charge in [0.15, 0.2) is 10.4 Å². The predicted molar refractivity (Wildman–Crippen MR) is 82.9 cm³/mol. The average Bonchev–Trinajstić information content (AvgIpc) is 2.58. The zero-order chi connectivity index (χ0) is 13.6. The van der Waals surface area contributed by atoms with Gasteiger partial charge in [-0.3, -0.25) is 4.57 Å². The van der Waals surface area contributed by atoms with E-state index in [0.29, 0.717) is 0 Å². The number of aromatic amines is 1. The van der Waals surface area contributed by atoms with Crippen LogP contribution in [0.15, 0.2) is 16.7 Å². The van der Waals surface area contributed by atoms with Crippen molar-refractivity contribution >= 4 is 39.3 Å². The highest BCUT2D eigenvalue weighted by molar-refractivity contribution is 9.10. The van der Waals surface area contributed by atoms with Crippen LogP contribution in [-0.2, 0) is 6.54 Å². The van der Waals surface area contributed by atoms with Crippen LogP contribution < -0.4 is 0 Å². The predicted octanol–water partition coefficient (Wildman–Crippen LogP) is 3.34. The Morgan fingerprint density at radius 3 is 2.84 bits per heavy atom. The average molecular weight is 341 g/mol. The molecule has 19 heavy (non-hydrogen) atoms. The van der Waals surface area contributed by atoms with Gasteiger partial charge in [0.2, 0.25) is 0 Å². The summed E-state index contributed by atoms with van der Waals surface area (Å²) in [6.07, 6.45) is 5.58. The number of nitrogens with zero attached hydrogens (tertiary/aromatic N) is 3. The van der Waals surface area contributed by atoms with Crippen molar-refractivity contribution in [1.82, 2.24) is 19.4 Å². The van der Waals surface area contributed by atoms with E-state index in [1.165, 1.54) is 19.3 Å². The number of halogens is 1. The van der Waals surface area contributed by atoms with Crippen LogP contribution in [0.3, 0.4) is 0 Å². The quantitative estimate of drug-likeness (QED) is 0.870. The van der Waals surface area contributed by atoms with E-state index >= 15 is 0 Å². The molecule has 1 saturated carbocycles. The molecular formula is C13H17BrN4S. The van der Waals surface area contributed by atoms with Crippen molar-refractivity contribution in [3.05, 3.63) is 21.5 Å². The van der Waals surface area contributed by atoms with Crippen LogP contribution in [0.1, 0.15) is 19.3 Å². The first kappa shape index (κ1) is 13.3. The van der Waals surface area contributed by atoms with E-state index in [1.807, 2.05) is 12.3 Å². The van der Waals surface area contributed by atoms with Crippen molar-refractivity contribution in [1.29, 1.82) is 0 Å². The number of imidazole rings is 1. The molecule has 102 valence electrons. The minimum absolute atomic E-state index is 0.238. The number of hydrogen-bond donors (Lipinski definition) is 1. The first-order valence-electron chi connectivity index (χ1n) is 6.43. The molecule has 0 atom stereocenters. The van der Waals surface area contributed by atoms with Crippen molar-refractivity contribution < 1.29 is 0 Å². The van der Waals surface area contributed by atoms with Gasteiger partial charge >= 0.3 is 0 Å². The van der Waals surface area contributed by atoms with Gasteiger partial charge < -0.3 is 9.88 Å². The fourth-order valence-electron chi connectivity index (χ4n) is 2.79. The Hall–Kier alpha value is -0.720. The third-order valence-corrected chi connectivity index (χ3v) is 5.02. The van der Waals surface area contributed by atoms with E-state index in [1.54, 1.807) is 0 Å². The normalized spacial score (nSPS) is 17.9. The molecule has 0 spiro atoms. The van der Waals surface area contributed by atoms with Crippen LogP contribution in [0.5, 0.6) is 0 Å². The Balaban J connectivity index is 2.06. The van der Waals surface area contributed by atoms with Gasteiger partial charge in [-0.15, -0.1) is 0 Å². The van der Waals surface area contributed by atoms with Crippen molar-refractivity contribution in [2.24, 2.45) is 0 Å². The van der Waals surface area contributed by atoms with Crippen LogP contribution in [0.4, 0.5) is 0 Å². The monoisotopic (exact) mass is 340 g/mol. The van der Waals surface area contributed by atoms with Gasteiger partial charge in [0.25, 0.3) is 0 Å². The lowest BCUT2D eigenvalue weighted by Gasteiger charge is -2.47. The smallest absolute Gasteiger partial charge is 0.179 e. The minimum Gasteiger partial charge on any atom is -0.329 e. The van der Waals surface area contributed by atoms with Gasteiger partial charge in [-0.2, -0.15) is 0 Å². The molecule has 0 aliphatic heterocycles. The first-order chi connectivity index (χ1) is 9.02. The summed E-state index contributed by atoms with van der Waals surface area (Å²) in [6, 6.07) is 2.03. The molecule has 0 bridgehead atoms. The highest BCUT2D eigenvalue weighted by Gasteiger charge is 2.39. The standard InChI is InChI=1S/C13H17BrN4S/c1-17(2)13(4-3-5-13)8-18-11-10(16-12(18)19)6-9(14)7-15-11/h6-7H,3-5,8H2,1-2H3,(H,16,19). The van der Waals surface area contributed by atoms with Gasteiger partial charge in [0.1, 0.15) is 0 Å². The van der Waals surface area contributed by atoms with Crippen molar-refractivity contribution in [3.63, 3.8) is 0 Å². The topological polar surface area (TPSA) is 36.9 Å². The number of hydrogen-bond acceptors (Lipinski definition) is 3. The molecule has 0 amide bonds. The Kier molecular flexibility index (Phi) is 3.27. The van der Waals surface area contributed by atoms with Gasteiger partial charge in [-0.1, -0.05) is 0 Å². The Labute approximate surface area is 126 Å². The number of rotatable bonds is 3. The van der Waals surface area contributed by atoms with Gasteiger partial charge in [0.05, 0.1) is 5.52 Å². The molecule has 0 unspecified atom stereocenters. The fourth-order valence-corrected chi connectivity index (χ4v) is 3.38. The second-order valence-electron chi connectivity index (χ2n) is 5.51. The van der Waals surface area contributed by atoms with Gasteiger partial charge in [-0.05, 0) is 67.6 Å². The molecule has 1 N–H and O–H groups in total. The third kappa shape index (κ3) is 2.15. The summed E-state index contributed by atoms with van der Waals surface area (Å²) in [7, 11) is 4.31. The number of H-pyrrole nitrogens is 1. The second kappa shape index (κ2) is 4.68. The van der Waals surface area contributed by atoms with Crippen molar-refractivity contribution in [2.75, 3.05) is 14.1 Å². The minimum atomic E-state index is 0.238. The molecular weight excluding hydrogens is 324 g/mol. The summed E-state index contributed by atoms with van der Waals surface area (Å²) in [4.78, 5) is 10.1. The number of fused-ring (bicyclic) bond motifs is 1. The van der Waals surface area contributed by atoms with E-state index in [4.69, 9.17) is 12.2 Å². The molecule has 0 radical (unpaired) electrons. The molecule has 3 rings (SSSR count). The first-order valence-corrected chi connectivity index (χ1v) is 7.63. The number of likely N-dealkylation sites (N-methyl/N-ethyl adjacent to an activating group) is 1. The summed E-state index contributed by atoms with van der Waals surface area (Å²) >= 11 is 8.90. The summed E-state index contributed by atoms with van der Waals surface area (Å²) in [5.74, 6) is 0. The van der Waals surface area contributed by atoms with Crippen LogP contribution in [0.2, 0.25) is 0 Å². The Morgan fingerprint density at radius 1 is 1.53 bits per heavy atom. The molecule has 0 aromatic carbocycles. The largest absolute Gasteiger partial charge is 0.329 e. The lowest BCUT2D eigenvalue weighted by molar-refractivity contribution is 0.0430. The van der Waals surface area contributed by atoms with Crippen LogP contribution >= 0.6 is 28.1 Å². The number of pyridine rings is 1. The van der Waals surface area contributed by atoms with Crippen LogP contribution in [0.25, 0.3) is 11.2 Å². The molecule has 1 aliphatic carbocycles. The highest BCUT2D eigenvalue weighted by Crippen LogP contribution is 2.38. The lowest BCUT2D eigenvalue weighted by atomic mass is 9.75. The van der Waals surface area contributed by atoms with Gasteiger partial charge in [-0.25, -0.2) is 4.98 Å². The summed E-state index contributed by atoms with van der Waals surface area (Å²) < 4.78 is 3.86.